The monoisotopic (exact) mass is 460 g/mol. The zero-order chi connectivity index (χ0) is 24.2. The van der Waals surface area contributed by atoms with E-state index in [2.05, 4.69) is 6.92 Å². The van der Waals surface area contributed by atoms with Gasteiger partial charge >= 0.3 is 0 Å². The van der Waals surface area contributed by atoms with Crippen molar-refractivity contribution in [3.63, 3.8) is 0 Å². The molecule has 0 N–H and O–H groups in total. The number of hydrogen-bond acceptors (Lipinski definition) is 4. The molecule has 1 aliphatic rings. The van der Waals surface area contributed by atoms with Crippen molar-refractivity contribution in [2.45, 2.75) is 39.2 Å². The van der Waals surface area contributed by atoms with Crippen molar-refractivity contribution in [2.75, 3.05) is 14.2 Å². The second-order valence-electron chi connectivity index (χ2n) is 8.26. The average molecular weight is 461 g/mol. The lowest BCUT2D eigenvalue weighted by molar-refractivity contribution is -0.133. The van der Waals surface area contributed by atoms with Crippen LogP contribution in [-0.4, -0.2) is 36.9 Å². The molecule has 3 aromatic rings. The molecule has 0 radical (unpaired) electrons. The van der Waals surface area contributed by atoms with Crippen LogP contribution in [-0.2, 0) is 11.2 Å². The van der Waals surface area contributed by atoms with Crippen LogP contribution in [0.15, 0.2) is 65.8 Å². The quantitative estimate of drug-likeness (QED) is 0.465. The molecule has 1 unspecified atom stereocenters. The Morgan fingerprint density at radius 2 is 1.50 bits per heavy atom. The van der Waals surface area contributed by atoms with E-state index in [9.17, 15) is 9.18 Å². The number of carbonyl (C=O) groups is 1. The smallest absolute Gasteiger partial charge is 0.242 e. The fourth-order valence-electron chi connectivity index (χ4n) is 4.31. The Kier molecular flexibility index (Phi) is 6.96. The molecule has 0 saturated carbocycles. The third-order valence-corrected chi connectivity index (χ3v) is 6.24. The maximum atomic E-state index is 13.3. The van der Waals surface area contributed by atoms with E-state index >= 15 is 0 Å². The molecular weight excluding hydrogens is 431 g/mol. The van der Waals surface area contributed by atoms with E-state index in [-0.39, 0.29) is 17.8 Å². The minimum atomic E-state index is -0.264. The Balaban J connectivity index is 1.86. The van der Waals surface area contributed by atoms with Crippen molar-refractivity contribution in [3.05, 3.63) is 83.2 Å². The van der Waals surface area contributed by atoms with Gasteiger partial charge in [0.2, 0.25) is 5.91 Å². The third kappa shape index (κ3) is 4.53. The molecule has 0 saturated heterocycles. The summed E-state index contributed by atoms with van der Waals surface area (Å²) in [6, 6.07) is 18.2. The molecule has 5 nitrogen and oxygen atoms in total. The largest absolute Gasteiger partial charge is 0.493 e. The summed E-state index contributed by atoms with van der Waals surface area (Å²) in [4.78, 5) is 12.9. The lowest BCUT2D eigenvalue weighted by Crippen LogP contribution is -2.36. The molecule has 3 aromatic carbocycles. The second-order valence-corrected chi connectivity index (χ2v) is 8.26. The van der Waals surface area contributed by atoms with Crippen molar-refractivity contribution in [1.29, 1.82) is 0 Å². The first-order valence-electron chi connectivity index (χ1n) is 11.5. The topological polar surface area (TPSA) is 51.1 Å². The van der Waals surface area contributed by atoms with Crippen LogP contribution in [0.5, 0.6) is 11.5 Å². The van der Waals surface area contributed by atoms with E-state index in [1.807, 2.05) is 43.3 Å². The van der Waals surface area contributed by atoms with Gasteiger partial charge in [0.25, 0.3) is 0 Å². The molecule has 0 fully saturated rings. The van der Waals surface area contributed by atoms with Gasteiger partial charge in [-0.1, -0.05) is 50.2 Å². The molecule has 4 rings (SSSR count). The first kappa shape index (κ1) is 23.5. The van der Waals surface area contributed by atoms with Crippen molar-refractivity contribution in [1.82, 2.24) is 5.01 Å². The zero-order valence-electron chi connectivity index (χ0n) is 20.0. The molecular formula is C28H29FN2O3. The van der Waals surface area contributed by atoms with Gasteiger partial charge in [-0.15, -0.1) is 0 Å². The standard InChI is InChI=1S/C28H29FN2O3/c1-5-23-15-21-16-25(33-3)26(34-4)17-24(21)28(30-31(23)27(32)6-2)20-9-7-18(8-10-20)19-11-13-22(29)14-12-19/h7-14,16-17,23H,5-6,15H2,1-4H3. The van der Waals surface area contributed by atoms with E-state index in [1.165, 1.54) is 12.1 Å². The van der Waals surface area contributed by atoms with Crippen LogP contribution in [0.2, 0.25) is 0 Å². The van der Waals surface area contributed by atoms with Gasteiger partial charge in [0.15, 0.2) is 11.5 Å². The predicted octanol–water partition coefficient (Wildman–Crippen LogP) is 5.84. The summed E-state index contributed by atoms with van der Waals surface area (Å²) in [5.41, 5.74) is 5.45. The Morgan fingerprint density at radius 1 is 0.941 bits per heavy atom. The molecule has 0 aromatic heterocycles. The number of fused-ring (bicyclic) bond motifs is 1. The first-order chi connectivity index (χ1) is 16.5. The highest BCUT2D eigenvalue weighted by atomic mass is 19.1. The number of methoxy groups -OCH3 is 2. The molecule has 0 aliphatic carbocycles. The van der Waals surface area contributed by atoms with E-state index < -0.39 is 0 Å². The number of ether oxygens (including phenoxy) is 2. The van der Waals surface area contributed by atoms with Gasteiger partial charge < -0.3 is 9.47 Å². The van der Waals surface area contributed by atoms with Crippen LogP contribution in [0.1, 0.15) is 43.4 Å². The highest BCUT2D eigenvalue weighted by Gasteiger charge is 2.29. The van der Waals surface area contributed by atoms with Gasteiger partial charge in [-0.05, 0) is 53.8 Å². The predicted molar refractivity (Wildman–Crippen MR) is 132 cm³/mol. The minimum absolute atomic E-state index is 0.0148. The molecule has 0 bridgehead atoms. The average Bonchev–Trinajstić information content (AvgIpc) is 3.04. The number of hydrazone groups is 1. The number of rotatable bonds is 6. The Hall–Kier alpha value is -3.67. The number of hydrogen-bond donors (Lipinski definition) is 0. The van der Waals surface area contributed by atoms with Gasteiger partial charge in [0.05, 0.1) is 26.0 Å². The summed E-state index contributed by atoms with van der Waals surface area (Å²) in [5, 5.41) is 6.55. The lowest BCUT2D eigenvalue weighted by Gasteiger charge is -2.25. The maximum Gasteiger partial charge on any atom is 0.242 e. The van der Waals surface area contributed by atoms with Crippen molar-refractivity contribution < 1.29 is 18.7 Å². The fourth-order valence-corrected chi connectivity index (χ4v) is 4.31. The van der Waals surface area contributed by atoms with Crippen LogP contribution in [0.4, 0.5) is 4.39 Å². The molecule has 34 heavy (non-hydrogen) atoms. The highest BCUT2D eigenvalue weighted by molar-refractivity contribution is 6.14. The van der Waals surface area contributed by atoms with E-state index in [0.717, 1.165) is 34.2 Å². The number of nitrogens with zero attached hydrogens (tertiary/aromatic N) is 2. The second kappa shape index (κ2) is 10.1. The van der Waals surface area contributed by atoms with Crippen LogP contribution in [0.3, 0.4) is 0 Å². The summed E-state index contributed by atoms with van der Waals surface area (Å²) in [5.74, 6) is 0.983. The minimum Gasteiger partial charge on any atom is -0.493 e. The first-order valence-corrected chi connectivity index (χ1v) is 11.5. The van der Waals surface area contributed by atoms with Gasteiger partial charge in [-0.2, -0.15) is 5.10 Å². The van der Waals surface area contributed by atoms with Gasteiger partial charge in [-0.3, -0.25) is 4.79 Å². The van der Waals surface area contributed by atoms with Crippen LogP contribution >= 0.6 is 0 Å². The number of amides is 1. The number of benzene rings is 3. The summed E-state index contributed by atoms with van der Waals surface area (Å²) < 4.78 is 24.5. The van der Waals surface area contributed by atoms with E-state index in [1.54, 1.807) is 31.4 Å². The maximum absolute atomic E-state index is 13.3. The summed E-state index contributed by atoms with van der Waals surface area (Å²) in [6.45, 7) is 3.92. The SMILES string of the molecule is CCC(=O)N1N=C(c2ccc(-c3ccc(F)cc3)cc2)c2cc(OC)c(OC)cc2CC1CC. The molecule has 1 aliphatic heterocycles. The summed E-state index contributed by atoms with van der Waals surface area (Å²) in [7, 11) is 3.23. The molecule has 1 atom stereocenters. The Morgan fingerprint density at radius 3 is 2.06 bits per heavy atom. The molecule has 0 spiro atoms. The molecule has 176 valence electrons. The normalized spacial score (nSPS) is 15.3. The summed E-state index contributed by atoms with van der Waals surface area (Å²) >= 11 is 0. The zero-order valence-corrected chi connectivity index (χ0v) is 20.0. The van der Waals surface area contributed by atoms with Gasteiger partial charge in [0, 0.05) is 17.5 Å². The molecule has 1 amide bonds. The number of halogens is 1. The third-order valence-electron chi connectivity index (χ3n) is 6.24. The van der Waals surface area contributed by atoms with Crippen LogP contribution < -0.4 is 9.47 Å². The van der Waals surface area contributed by atoms with Gasteiger partial charge in [0.1, 0.15) is 5.82 Å². The summed E-state index contributed by atoms with van der Waals surface area (Å²) in [6.07, 6.45) is 1.82. The highest BCUT2D eigenvalue weighted by Crippen LogP contribution is 2.35. The molecule has 6 heteroatoms. The van der Waals surface area contributed by atoms with E-state index in [4.69, 9.17) is 14.6 Å². The van der Waals surface area contributed by atoms with Crippen LogP contribution in [0.25, 0.3) is 11.1 Å². The number of carbonyl (C=O) groups excluding carboxylic acids is 1. The molecule has 1 heterocycles. The van der Waals surface area contributed by atoms with Crippen LogP contribution in [0, 0.1) is 5.82 Å². The van der Waals surface area contributed by atoms with Crippen molar-refractivity contribution in [2.24, 2.45) is 5.10 Å². The van der Waals surface area contributed by atoms with Crippen molar-refractivity contribution >= 4 is 11.6 Å². The Bertz CT molecular complexity index is 1200. The lowest BCUT2D eigenvalue weighted by atomic mass is 9.92. The van der Waals surface area contributed by atoms with Gasteiger partial charge in [-0.25, -0.2) is 9.40 Å². The van der Waals surface area contributed by atoms with E-state index in [0.29, 0.717) is 30.1 Å². The van der Waals surface area contributed by atoms with Crippen molar-refractivity contribution in [3.8, 4) is 22.6 Å². The fraction of sp³-hybridized carbons (Fsp3) is 0.286. The Labute approximate surface area is 199 Å².